The van der Waals surface area contributed by atoms with Crippen LogP contribution in [0.15, 0.2) is 0 Å². The lowest BCUT2D eigenvalue weighted by Crippen LogP contribution is -2.54. The maximum absolute atomic E-state index is 11.4. The Labute approximate surface area is 98.7 Å². The van der Waals surface area contributed by atoms with Gasteiger partial charge in [0.25, 0.3) is 0 Å². The van der Waals surface area contributed by atoms with Crippen LogP contribution < -0.4 is 5.73 Å². The summed E-state index contributed by atoms with van der Waals surface area (Å²) in [5, 5.41) is 0. The minimum atomic E-state index is -2.74. The van der Waals surface area contributed by atoms with Crippen molar-refractivity contribution in [1.82, 2.24) is 0 Å². The first-order chi connectivity index (χ1) is 7.29. The van der Waals surface area contributed by atoms with Crippen molar-refractivity contribution in [2.75, 3.05) is 18.1 Å². The smallest absolute Gasteiger partial charge is 0.150 e. The summed E-state index contributed by atoms with van der Waals surface area (Å²) in [6.45, 7) is 5.28. The van der Waals surface area contributed by atoms with Gasteiger partial charge in [-0.2, -0.15) is 0 Å². The summed E-state index contributed by atoms with van der Waals surface area (Å²) in [6.07, 6.45) is 3.99. The first-order valence-corrected chi connectivity index (χ1v) is 8.01. The summed E-state index contributed by atoms with van der Waals surface area (Å²) in [6, 6.07) is 0. The second kappa shape index (κ2) is 3.70. The molecule has 0 aromatic rings. The summed E-state index contributed by atoms with van der Waals surface area (Å²) < 4.78 is 22.8. The molecule has 0 aromatic heterocycles. The molecule has 2 fully saturated rings. The van der Waals surface area contributed by atoms with E-state index >= 15 is 0 Å². The molecule has 1 aliphatic carbocycles. The highest BCUT2D eigenvalue weighted by Gasteiger charge is 2.53. The maximum atomic E-state index is 11.4. The Morgan fingerprint density at radius 3 is 2.06 bits per heavy atom. The van der Waals surface area contributed by atoms with Crippen LogP contribution in [-0.2, 0) is 9.84 Å². The van der Waals surface area contributed by atoms with Crippen LogP contribution in [0.5, 0.6) is 0 Å². The second-order valence-electron chi connectivity index (χ2n) is 6.51. The van der Waals surface area contributed by atoms with E-state index in [4.69, 9.17) is 5.73 Å². The third-order valence-electron chi connectivity index (χ3n) is 4.49. The van der Waals surface area contributed by atoms with Crippen molar-refractivity contribution in [3.8, 4) is 0 Å². The molecule has 2 rings (SSSR count). The summed E-state index contributed by atoms with van der Waals surface area (Å²) >= 11 is 0. The van der Waals surface area contributed by atoms with Crippen LogP contribution in [0, 0.1) is 16.7 Å². The van der Waals surface area contributed by atoms with Crippen molar-refractivity contribution in [3.05, 3.63) is 0 Å². The molecule has 0 unspecified atom stereocenters. The number of nitrogens with two attached hydrogens (primary N) is 1. The average molecular weight is 245 g/mol. The lowest BCUT2D eigenvalue weighted by molar-refractivity contribution is -0.0578. The van der Waals surface area contributed by atoms with E-state index in [2.05, 4.69) is 13.8 Å². The molecule has 1 saturated carbocycles. The van der Waals surface area contributed by atoms with Crippen molar-refractivity contribution in [1.29, 1.82) is 0 Å². The SMILES string of the molecule is CC1(C)CC(CN)(C2CCS(=O)(=O)CC2)C1. The summed E-state index contributed by atoms with van der Waals surface area (Å²) in [4.78, 5) is 0. The predicted octanol–water partition coefficient (Wildman–Crippen LogP) is 1.58. The van der Waals surface area contributed by atoms with Gasteiger partial charge in [-0.25, -0.2) is 8.42 Å². The highest BCUT2D eigenvalue weighted by atomic mass is 32.2. The third-order valence-corrected chi connectivity index (χ3v) is 6.20. The Morgan fingerprint density at radius 2 is 1.69 bits per heavy atom. The molecule has 0 spiro atoms. The molecule has 0 amide bonds. The fourth-order valence-corrected chi connectivity index (χ4v) is 5.45. The molecule has 16 heavy (non-hydrogen) atoms. The number of hydrogen-bond acceptors (Lipinski definition) is 3. The van der Waals surface area contributed by atoms with Gasteiger partial charge in [0.05, 0.1) is 11.5 Å². The van der Waals surface area contributed by atoms with Gasteiger partial charge in [-0.15, -0.1) is 0 Å². The molecule has 4 heteroatoms. The van der Waals surface area contributed by atoms with Crippen molar-refractivity contribution in [2.45, 2.75) is 39.5 Å². The average Bonchev–Trinajstić information content (AvgIpc) is 2.13. The Morgan fingerprint density at radius 1 is 1.19 bits per heavy atom. The number of sulfone groups is 1. The third kappa shape index (κ3) is 2.14. The molecular weight excluding hydrogens is 222 g/mol. The van der Waals surface area contributed by atoms with Gasteiger partial charge in [-0.05, 0) is 49.0 Å². The van der Waals surface area contributed by atoms with Crippen molar-refractivity contribution in [3.63, 3.8) is 0 Å². The first kappa shape index (κ1) is 12.4. The van der Waals surface area contributed by atoms with Gasteiger partial charge >= 0.3 is 0 Å². The summed E-state index contributed by atoms with van der Waals surface area (Å²) in [5.41, 5.74) is 6.60. The van der Waals surface area contributed by atoms with Gasteiger partial charge in [-0.3, -0.25) is 0 Å². The minimum Gasteiger partial charge on any atom is -0.330 e. The van der Waals surface area contributed by atoms with E-state index in [0.717, 1.165) is 19.4 Å². The normalized spacial score (nSPS) is 31.9. The molecule has 1 saturated heterocycles. The molecular formula is C12H23NO2S. The highest BCUT2D eigenvalue weighted by molar-refractivity contribution is 7.91. The van der Waals surface area contributed by atoms with E-state index in [9.17, 15) is 8.42 Å². The zero-order valence-corrected chi connectivity index (χ0v) is 11.1. The van der Waals surface area contributed by atoms with Crippen molar-refractivity contribution in [2.24, 2.45) is 22.5 Å². The molecule has 1 aliphatic heterocycles. The largest absolute Gasteiger partial charge is 0.330 e. The number of hydrogen-bond donors (Lipinski definition) is 1. The monoisotopic (exact) mass is 245 g/mol. The Bertz CT molecular complexity index is 350. The van der Waals surface area contributed by atoms with Gasteiger partial charge in [0.2, 0.25) is 0 Å². The van der Waals surface area contributed by atoms with Crippen molar-refractivity contribution >= 4 is 9.84 Å². The lowest BCUT2D eigenvalue weighted by atomic mass is 9.49. The molecule has 0 radical (unpaired) electrons. The highest BCUT2D eigenvalue weighted by Crippen LogP contribution is 2.59. The van der Waals surface area contributed by atoms with Gasteiger partial charge < -0.3 is 5.73 Å². The molecule has 3 nitrogen and oxygen atoms in total. The maximum Gasteiger partial charge on any atom is 0.150 e. The predicted molar refractivity (Wildman–Crippen MR) is 65.9 cm³/mol. The van der Waals surface area contributed by atoms with E-state index in [1.54, 1.807) is 0 Å². The molecule has 0 aromatic carbocycles. The Balaban J connectivity index is 2.03. The Hall–Kier alpha value is -0.0900. The summed E-state index contributed by atoms with van der Waals surface area (Å²) in [5.74, 6) is 1.29. The number of rotatable bonds is 2. The van der Waals surface area contributed by atoms with Gasteiger partial charge in [-0.1, -0.05) is 13.8 Å². The van der Waals surface area contributed by atoms with Gasteiger partial charge in [0.15, 0.2) is 0 Å². The van der Waals surface area contributed by atoms with E-state index in [0.29, 0.717) is 22.8 Å². The minimum absolute atomic E-state index is 0.249. The van der Waals surface area contributed by atoms with Gasteiger partial charge in [0, 0.05) is 0 Å². The standard InChI is InChI=1S/C12H23NO2S/c1-11(2)7-12(8-11,9-13)10-3-5-16(14,15)6-4-10/h10H,3-9,13H2,1-2H3. The topological polar surface area (TPSA) is 60.2 Å². The second-order valence-corrected chi connectivity index (χ2v) is 8.81. The zero-order valence-electron chi connectivity index (χ0n) is 10.3. The Kier molecular flexibility index (Phi) is 2.86. The van der Waals surface area contributed by atoms with Crippen LogP contribution in [0.2, 0.25) is 0 Å². The van der Waals surface area contributed by atoms with Crippen LogP contribution in [-0.4, -0.2) is 26.5 Å². The molecule has 2 aliphatic rings. The van der Waals surface area contributed by atoms with Crippen LogP contribution in [0.3, 0.4) is 0 Å². The first-order valence-electron chi connectivity index (χ1n) is 6.19. The quantitative estimate of drug-likeness (QED) is 0.803. The fraction of sp³-hybridized carbons (Fsp3) is 1.00. The molecule has 0 bridgehead atoms. The van der Waals surface area contributed by atoms with Crippen LogP contribution >= 0.6 is 0 Å². The lowest BCUT2D eigenvalue weighted by Gasteiger charge is -2.57. The van der Waals surface area contributed by atoms with E-state index < -0.39 is 9.84 Å². The molecule has 0 atom stereocenters. The molecule has 1 heterocycles. The van der Waals surface area contributed by atoms with E-state index in [1.165, 1.54) is 12.8 Å². The van der Waals surface area contributed by atoms with Crippen LogP contribution in [0.4, 0.5) is 0 Å². The van der Waals surface area contributed by atoms with Crippen LogP contribution in [0.25, 0.3) is 0 Å². The van der Waals surface area contributed by atoms with Gasteiger partial charge in [0.1, 0.15) is 9.84 Å². The summed E-state index contributed by atoms with van der Waals surface area (Å²) in [7, 11) is -2.74. The fourth-order valence-electron chi connectivity index (χ4n) is 3.96. The van der Waals surface area contributed by atoms with Crippen molar-refractivity contribution < 1.29 is 8.42 Å². The van der Waals surface area contributed by atoms with E-state index in [1.807, 2.05) is 0 Å². The molecule has 2 N–H and O–H groups in total. The van der Waals surface area contributed by atoms with E-state index in [-0.39, 0.29) is 5.41 Å². The molecule has 94 valence electrons. The van der Waals surface area contributed by atoms with Crippen LogP contribution in [0.1, 0.15) is 39.5 Å². The zero-order chi connectivity index (χ0) is 12.0.